The van der Waals surface area contributed by atoms with Crippen molar-refractivity contribution < 1.29 is 9.63 Å². The smallest absolute Gasteiger partial charge is 0.270 e. The molecule has 11 heavy (non-hydrogen) atoms. The molecule has 0 saturated carbocycles. The first-order valence-electron chi connectivity index (χ1n) is 3.07. The second-order valence-corrected chi connectivity index (χ2v) is 2.36. The summed E-state index contributed by atoms with van der Waals surface area (Å²) < 4.78 is 4.67. The van der Waals surface area contributed by atoms with Crippen molar-refractivity contribution >= 4 is 0 Å². The Hall–Kier alpha value is -1.34. The second-order valence-electron chi connectivity index (χ2n) is 2.36. The summed E-state index contributed by atoms with van der Waals surface area (Å²) in [5.74, 6) is 2.64. The zero-order chi connectivity index (χ0) is 8.48. The number of terminal acetylenes is 1. The van der Waals surface area contributed by atoms with Crippen LogP contribution in [-0.4, -0.2) is 15.2 Å². The van der Waals surface area contributed by atoms with Gasteiger partial charge in [-0.1, -0.05) is 11.1 Å². The summed E-state index contributed by atoms with van der Waals surface area (Å²) in [5, 5.41) is 12.9. The Morgan fingerprint density at radius 3 is 2.73 bits per heavy atom. The SMILES string of the molecule is C#C[C@](C)(O)c1nc(C)no1. The van der Waals surface area contributed by atoms with Crippen LogP contribution in [0.15, 0.2) is 4.52 Å². The minimum Gasteiger partial charge on any atom is -0.370 e. The van der Waals surface area contributed by atoms with E-state index in [4.69, 9.17) is 6.42 Å². The van der Waals surface area contributed by atoms with Gasteiger partial charge in [0.25, 0.3) is 5.89 Å². The van der Waals surface area contributed by atoms with E-state index in [0.717, 1.165) is 0 Å². The second kappa shape index (κ2) is 2.36. The van der Waals surface area contributed by atoms with Crippen LogP contribution in [0.5, 0.6) is 0 Å². The molecule has 1 aromatic heterocycles. The zero-order valence-corrected chi connectivity index (χ0v) is 6.33. The molecular formula is C7H8N2O2. The first-order chi connectivity index (χ1) is 5.06. The van der Waals surface area contributed by atoms with Gasteiger partial charge in [0.05, 0.1) is 0 Å². The van der Waals surface area contributed by atoms with Gasteiger partial charge < -0.3 is 9.63 Å². The van der Waals surface area contributed by atoms with Gasteiger partial charge in [0.1, 0.15) is 0 Å². The number of aromatic nitrogens is 2. The van der Waals surface area contributed by atoms with Crippen molar-refractivity contribution in [1.82, 2.24) is 10.1 Å². The van der Waals surface area contributed by atoms with Gasteiger partial charge in [-0.25, -0.2) is 0 Å². The van der Waals surface area contributed by atoms with Crippen molar-refractivity contribution in [2.24, 2.45) is 0 Å². The molecule has 0 radical (unpaired) electrons. The van der Waals surface area contributed by atoms with E-state index < -0.39 is 5.60 Å². The van der Waals surface area contributed by atoms with Crippen LogP contribution in [0.1, 0.15) is 18.6 Å². The van der Waals surface area contributed by atoms with Crippen molar-refractivity contribution in [3.8, 4) is 12.3 Å². The van der Waals surface area contributed by atoms with E-state index in [1.54, 1.807) is 6.92 Å². The third-order valence-corrected chi connectivity index (χ3v) is 1.23. The Kier molecular flexibility index (Phi) is 1.67. The van der Waals surface area contributed by atoms with Gasteiger partial charge in [0.15, 0.2) is 5.82 Å². The quantitative estimate of drug-likeness (QED) is 0.585. The first kappa shape index (κ1) is 7.76. The summed E-state index contributed by atoms with van der Waals surface area (Å²) >= 11 is 0. The highest BCUT2D eigenvalue weighted by Crippen LogP contribution is 2.16. The molecule has 0 aliphatic heterocycles. The minimum absolute atomic E-state index is 0.0532. The van der Waals surface area contributed by atoms with Gasteiger partial charge in [-0.15, -0.1) is 6.42 Å². The fourth-order valence-corrected chi connectivity index (χ4v) is 0.557. The Morgan fingerprint density at radius 2 is 2.36 bits per heavy atom. The Morgan fingerprint density at radius 1 is 1.73 bits per heavy atom. The molecule has 0 aliphatic carbocycles. The largest absolute Gasteiger partial charge is 0.370 e. The van der Waals surface area contributed by atoms with E-state index in [9.17, 15) is 5.11 Å². The van der Waals surface area contributed by atoms with Gasteiger partial charge in [-0.3, -0.25) is 0 Å². The summed E-state index contributed by atoms with van der Waals surface area (Å²) in [6.45, 7) is 3.07. The number of hydrogen-bond donors (Lipinski definition) is 1. The van der Waals surface area contributed by atoms with Crippen molar-refractivity contribution in [1.29, 1.82) is 0 Å². The van der Waals surface area contributed by atoms with E-state index >= 15 is 0 Å². The summed E-state index contributed by atoms with van der Waals surface area (Å²) in [7, 11) is 0. The number of aliphatic hydroxyl groups is 1. The van der Waals surface area contributed by atoms with Crippen LogP contribution in [0.3, 0.4) is 0 Å². The molecule has 0 fully saturated rings. The molecule has 0 aromatic carbocycles. The van der Waals surface area contributed by atoms with Crippen molar-refractivity contribution in [2.75, 3.05) is 0 Å². The molecule has 0 unspecified atom stereocenters. The van der Waals surface area contributed by atoms with Crippen molar-refractivity contribution in [3.63, 3.8) is 0 Å². The molecular weight excluding hydrogens is 144 g/mol. The fraction of sp³-hybridized carbons (Fsp3) is 0.429. The number of hydrogen-bond acceptors (Lipinski definition) is 4. The predicted octanol–water partition coefficient (Wildman–Crippen LogP) is 0.219. The maximum Gasteiger partial charge on any atom is 0.270 e. The van der Waals surface area contributed by atoms with Crippen LogP contribution < -0.4 is 0 Å². The van der Waals surface area contributed by atoms with Crippen LogP contribution in [0.25, 0.3) is 0 Å². The van der Waals surface area contributed by atoms with E-state index in [0.29, 0.717) is 5.82 Å². The maximum atomic E-state index is 9.38. The first-order valence-corrected chi connectivity index (χ1v) is 3.07. The minimum atomic E-state index is -1.46. The van der Waals surface area contributed by atoms with Crippen LogP contribution in [0, 0.1) is 19.3 Å². The number of rotatable bonds is 1. The molecule has 0 bridgehead atoms. The molecule has 1 aromatic rings. The normalized spacial score (nSPS) is 15.5. The summed E-state index contributed by atoms with van der Waals surface area (Å²) in [5.41, 5.74) is -1.46. The third-order valence-electron chi connectivity index (χ3n) is 1.23. The highest BCUT2D eigenvalue weighted by molar-refractivity contribution is 5.13. The molecule has 1 N–H and O–H groups in total. The monoisotopic (exact) mass is 152 g/mol. The summed E-state index contributed by atoms with van der Waals surface area (Å²) in [4.78, 5) is 3.78. The topological polar surface area (TPSA) is 59.2 Å². The molecule has 1 atom stereocenters. The van der Waals surface area contributed by atoms with Gasteiger partial charge in [0.2, 0.25) is 5.60 Å². The van der Waals surface area contributed by atoms with E-state index in [-0.39, 0.29) is 5.89 Å². The van der Waals surface area contributed by atoms with Crippen molar-refractivity contribution in [2.45, 2.75) is 19.4 Å². The van der Waals surface area contributed by atoms with Crippen LogP contribution >= 0.6 is 0 Å². The fourth-order valence-electron chi connectivity index (χ4n) is 0.557. The molecule has 58 valence electrons. The predicted molar refractivity (Wildman–Crippen MR) is 37.4 cm³/mol. The average Bonchev–Trinajstić information content (AvgIpc) is 2.36. The van der Waals surface area contributed by atoms with Crippen molar-refractivity contribution in [3.05, 3.63) is 11.7 Å². The molecule has 4 heteroatoms. The molecule has 1 heterocycles. The van der Waals surface area contributed by atoms with Crippen LogP contribution in [-0.2, 0) is 5.60 Å². The lowest BCUT2D eigenvalue weighted by atomic mass is 10.1. The highest BCUT2D eigenvalue weighted by Gasteiger charge is 2.26. The van der Waals surface area contributed by atoms with Crippen LogP contribution in [0.4, 0.5) is 0 Å². The molecule has 0 aliphatic rings. The summed E-state index contributed by atoms with van der Waals surface area (Å²) in [6, 6.07) is 0. The molecule has 1 rings (SSSR count). The zero-order valence-electron chi connectivity index (χ0n) is 6.33. The molecule has 0 amide bonds. The van der Waals surface area contributed by atoms with E-state index in [1.807, 2.05) is 0 Å². The molecule has 4 nitrogen and oxygen atoms in total. The molecule has 0 spiro atoms. The standard InChI is InChI=1S/C7H8N2O2/c1-4-7(3,10)6-8-5(2)9-11-6/h1,10H,2-3H3/t7-/m0/s1. The Balaban J connectivity index is 3.04. The van der Waals surface area contributed by atoms with Gasteiger partial charge in [-0.2, -0.15) is 4.98 Å². The average molecular weight is 152 g/mol. The van der Waals surface area contributed by atoms with Crippen LogP contribution in [0.2, 0.25) is 0 Å². The highest BCUT2D eigenvalue weighted by atomic mass is 16.5. The van der Waals surface area contributed by atoms with E-state index in [1.165, 1.54) is 6.92 Å². The Labute approximate surface area is 64.2 Å². The van der Waals surface area contributed by atoms with Gasteiger partial charge >= 0.3 is 0 Å². The lowest BCUT2D eigenvalue weighted by Crippen LogP contribution is -2.18. The lowest BCUT2D eigenvalue weighted by molar-refractivity contribution is 0.0817. The lowest BCUT2D eigenvalue weighted by Gasteiger charge is -2.08. The van der Waals surface area contributed by atoms with Gasteiger partial charge in [-0.05, 0) is 13.8 Å². The third kappa shape index (κ3) is 1.38. The summed E-state index contributed by atoms with van der Waals surface area (Å²) in [6.07, 6.45) is 5.02. The van der Waals surface area contributed by atoms with E-state index in [2.05, 4.69) is 20.6 Å². The Bertz CT molecular complexity index is 296. The number of aryl methyl sites for hydroxylation is 1. The van der Waals surface area contributed by atoms with Gasteiger partial charge in [0, 0.05) is 0 Å². The molecule has 0 saturated heterocycles. The number of nitrogens with zero attached hydrogens (tertiary/aromatic N) is 2. The maximum absolute atomic E-state index is 9.38.